The molecule has 0 aliphatic carbocycles. The summed E-state index contributed by atoms with van der Waals surface area (Å²) >= 11 is 0. The van der Waals surface area contributed by atoms with Crippen LogP contribution in [0.5, 0.6) is 0 Å². The molecule has 2 aliphatic rings. The molecule has 0 bridgehead atoms. The van der Waals surface area contributed by atoms with E-state index in [1.54, 1.807) is 22.5 Å². The number of nitrogens with one attached hydrogen (secondary N) is 1. The Balaban J connectivity index is 1.60. The Morgan fingerprint density at radius 2 is 1.77 bits per heavy atom. The third kappa shape index (κ3) is 5.83. The molecule has 2 saturated heterocycles. The lowest BCUT2D eigenvalue weighted by Crippen LogP contribution is -2.42. The van der Waals surface area contributed by atoms with Crippen molar-refractivity contribution in [2.45, 2.75) is 76.2 Å². The van der Waals surface area contributed by atoms with Crippen molar-refractivity contribution in [1.82, 2.24) is 14.5 Å². The quantitative estimate of drug-likeness (QED) is 0.665. The normalized spacial score (nSPS) is 21.9. The van der Waals surface area contributed by atoms with Gasteiger partial charge in [0.15, 0.2) is 0 Å². The zero-order valence-corrected chi connectivity index (χ0v) is 19.3. The molecule has 3 rings (SSSR count). The highest BCUT2D eigenvalue weighted by atomic mass is 32.2. The van der Waals surface area contributed by atoms with Crippen molar-refractivity contribution in [3.8, 4) is 0 Å². The molecular weight excluding hydrogens is 398 g/mol. The second-order valence-electron chi connectivity index (χ2n) is 8.80. The number of rotatable bonds is 7. The molecule has 2 heterocycles. The van der Waals surface area contributed by atoms with Crippen LogP contribution < -0.4 is 5.32 Å². The largest absolute Gasteiger partial charge is 0.352 e. The summed E-state index contributed by atoms with van der Waals surface area (Å²) in [6.07, 6.45) is 8.92. The van der Waals surface area contributed by atoms with Gasteiger partial charge in [0.1, 0.15) is 0 Å². The molecule has 1 aromatic rings. The van der Waals surface area contributed by atoms with Gasteiger partial charge in [0.2, 0.25) is 10.0 Å². The summed E-state index contributed by atoms with van der Waals surface area (Å²) in [6, 6.07) is 4.92. The summed E-state index contributed by atoms with van der Waals surface area (Å²) in [5.41, 5.74) is 1.25. The standard InChI is InChI=1S/C23H37N3O3S/c1-19-11-12-21(30(28,29)26-17-8-5-10-20(26)2)18-22(19)23(27)24-13-9-16-25-14-6-3-4-7-15-25/h11-12,18,20H,3-10,13-17H2,1-2H3,(H,24,27). The first-order valence-electron chi connectivity index (χ1n) is 11.5. The van der Waals surface area contributed by atoms with E-state index in [-0.39, 0.29) is 16.8 Å². The fourth-order valence-electron chi connectivity index (χ4n) is 4.53. The van der Waals surface area contributed by atoms with Crippen molar-refractivity contribution in [3.63, 3.8) is 0 Å². The summed E-state index contributed by atoms with van der Waals surface area (Å²) in [4.78, 5) is 15.5. The first-order chi connectivity index (χ1) is 14.4. The molecule has 168 valence electrons. The van der Waals surface area contributed by atoms with Crippen molar-refractivity contribution >= 4 is 15.9 Å². The van der Waals surface area contributed by atoms with Gasteiger partial charge in [0.05, 0.1) is 4.90 Å². The average molecular weight is 436 g/mol. The molecule has 1 N–H and O–H groups in total. The summed E-state index contributed by atoms with van der Waals surface area (Å²) in [5, 5.41) is 2.99. The van der Waals surface area contributed by atoms with E-state index in [1.165, 1.54) is 25.7 Å². The van der Waals surface area contributed by atoms with Crippen LogP contribution in [0.3, 0.4) is 0 Å². The molecule has 2 aliphatic heterocycles. The Labute approximate surface area is 182 Å². The summed E-state index contributed by atoms with van der Waals surface area (Å²) in [5.74, 6) is -0.188. The van der Waals surface area contributed by atoms with E-state index >= 15 is 0 Å². The number of carbonyl (C=O) groups excluding carboxylic acids is 1. The molecule has 1 unspecified atom stereocenters. The molecule has 0 spiro atoms. The van der Waals surface area contributed by atoms with Crippen molar-refractivity contribution in [2.24, 2.45) is 0 Å². The molecule has 6 nitrogen and oxygen atoms in total. The zero-order valence-electron chi connectivity index (χ0n) is 18.5. The number of carbonyl (C=O) groups is 1. The van der Waals surface area contributed by atoms with E-state index in [0.717, 1.165) is 50.9 Å². The molecule has 0 saturated carbocycles. The highest BCUT2D eigenvalue weighted by Gasteiger charge is 2.31. The first kappa shape index (κ1) is 23.2. The third-order valence-electron chi connectivity index (χ3n) is 6.44. The number of aryl methyl sites for hydroxylation is 1. The average Bonchev–Trinajstić information content (AvgIpc) is 3.00. The Bertz CT molecular complexity index is 817. The van der Waals surface area contributed by atoms with Gasteiger partial charge in [-0.05, 0) is 83.3 Å². The smallest absolute Gasteiger partial charge is 0.251 e. The van der Waals surface area contributed by atoms with E-state index in [1.807, 2.05) is 13.8 Å². The minimum Gasteiger partial charge on any atom is -0.352 e. The summed E-state index contributed by atoms with van der Waals surface area (Å²) < 4.78 is 27.9. The highest BCUT2D eigenvalue weighted by Crippen LogP contribution is 2.26. The maximum atomic E-state index is 13.1. The number of nitrogens with zero attached hydrogens (tertiary/aromatic N) is 2. The van der Waals surface area contributed by atoms with E-state index in [9.17, 15) is 13.2 Å². The van der Waals surface area contributed by atoms with Crippen LogP contribution in [0.15, 0.2) is 23.1 Å². The Hall–Kier alpha value is -1.44. The van der Waals surface area contributed by atoms with Crippen LogP contribution in [0.4, 0.5) is 0 Å². The first-order valence-corrected chi connectivity index (χ1v) is 13.0. The SMILES string of the molecule is Cc1ccc(S(=O)(=O)N2CCCCC2C)cc1C(=O)NCCCN1CCCCCC1. The van der Waals surface area contributed by atoms with Crippen LogP contribution in [0.25, 0.3) is 0 Å². The number of sulfonamides is 1. The number of hydrogen-bond donors (Lipinski definition) is 1. The van der Waals surface area contributed by atoms with Gasteiger partial charge in [-0.25, -0.2) is 8.42 Å². The maximum Gasteiger partial charge on any atom is 0.251 e. The van der Waals surface area contributed by atoms with E-state index < -0.39 is 10.0 Å². The van der Waals surface area contributed by atoms with Crippen LogP contribution in [0.1, 0.15) is 74.2 Å². The molecule has 30 heavy (non-hydrogen) atoms. The van der Waals surface area contributed by atoms with Crippen molar-refractivity contribution in [1.29, 1.82) is 0 Å². The Kier molecular flexibility index (Phi) is 8.31. The minimum absolute atomic E-state index is 0.00122. The van der Waals surface area contributed by atoms with Crippen LogP contribution >= 0.6 is 0 Å². The van der Waals surface area contributed by atoms with Gasteiger partial charge < -0.3 is 10.2 Å². The molecule has 0 aromatic heterocycles. The number of benzene rings is 1. The van der Waals surface area contributed by atoms with Crippen molar-refractivity contribution < 1.29 is 13.2 Å². The van der Waals surface area contributed by atoms with E-state index in [0.29, 0.717) is 18.7 Å². The highest BCUT2D eigenvalue weighted by molar-refractivity contribution is 7.89. The van der Waals surface area contributed by atoms with Gasteiger partial charge in [0, 0.05) is 24.7 Å². The molecule has 1 atom stereocenters. The van der Waals surface area contributed by atoms with Crippen LogP contribution in [-0.4, -0.2) is 62.3 Å². The summed E-state index contributed by atoms with van der Waals surface area (Å²) in [6.45, 7) is 8.28. The van der Waals surface area contributed by atoms with E-state index in [2.05, 4.69) is 10.2 Å². The topological polar surface area (TPSA) is 69.7 Å². The third-order valence-corrected chi connectivity index (χ3v) is 8.45. The van der Waals surface area contributed by atoms with E-state index in [4.69, 9.17) is 0 Å². The van der Waals surface area contributed by atoms with Gasteiger partial charge in [-0.2, -0.15) is 4.31 Å². The molecule has 1 amide bonds. The number of piperidine rings is 1. The molecule has 2 fully saturated rings. The Morgan fingerprint density at radius 1 is 1.07 bits per heavy atom. The zero-order chi connectivity index (χ0) is 21.6. The number of likely N-dealkylation sites (tertiary alicyclic amines) is 1. The Morgan fingerprint density at radius 3 is 2.47 bits per heavy atom. The second-order valence-corrected chi connectivity index (χ2v) is 10.7. The fraction of sp³-hybridized carbons (Fsp3) is 0.696. The maximum absolute atomic E-state index is 13.1. The lowest BCUT2D eigenvalue weighted by atomic mass is 10.1. The van der Waals surface area contributed by atoms with Gasteiger partial charge in [-0.1, -0.05) is 25.3 Å². The fourth-order valence-corrected chi connectivity index (χ4v) is 6.26. The monoisotopic (exact) mass is 435 g/mol. The van der Waals surface area contributed by atoms with Crippen molar-refractivity contribution in [3.05, 3.63) is 29.3 Å². The predicted octanol–water partition coefficient (Wildman–Crippen LogP) is 3.55. The second kappa shape index (κ2) is 10.7. The van der Waals surface area contributed by atoms with Gasteiger partial charge in [-0.3, -0.25) is 4.79 Å². The molecule has 7 heteroatoms. The minimum atomic E-state index is -3.58. The van der Waals surface area contributed by atoms with Crippen molar-refractivity contribution in [2.75, 3.05) is 32.7 Å². The number of hydrogen-bond acceptors (Lipinski definition) is 4. The predicted molar refractivity (Wildman–Crippen MR) is 120 cm³/mol. The summed E-state index contributed by atoms with van der Waals surface area (Å²) in [7, 11) is -3.58. The van der Waals surface area contributed by atoms with Crippen LogP contribution in [0.2, 0.25) is 0 Å². The lowest BCUT2D eigenvalue weighted by molar-refractivity contribution is 0.0951. The van der Waals surface area contributed by atoms with Crippen LogP contribution in [0, 0.1) is 6.92 Å². The lowest BCUT2D eigenvalue weighted by Gasteiger charge is -2.32. The molecular formula is C23H37N3O3S. The van der Waals surface area contributed by atoms with Gasteiger partial charge in [0.25, 0.3) is 5.91 Å². The van der Waals surface area contributed by atoms with Gasteiger partial charge in [-0.15, -0.1) is 0 Å². The van der Waals surface area contributed by atoms with Crippen LogP contribution in [-0.2, 0) is 10.0 Å². The molecule has 0 radical (unpaired) electrons. The van der Waals surface area contributed by atoms with Gasteiger partial charge >= 0.3 is 0 Å². The molecule has 1 aromatic carbocycles. The number of amides is 1.